The summed E-state index contributed by atoms with van der Waals surface area (Å²) >= 11 is 0. The van der Waals surface area contributed by atoms with E-state index in [1.807, 2.05) is 30.3 Å². The number of carbonyl (C=O) groups is 1. The van der Waals surface area contributed by atoms with E-state index in [-0.39, 0.29) is 18.4 Å². The maximum atomic E-state index is 11.6. The predicted octanol–water partition coefficient (Wildman–Crippen LogP) is 0.906. The highest BCUT2D eigenvalue weighted by Crippen LogP contribution is 2.16. The minimum Gasteiger partial charge on any atom is -0.493 e. The summed E-state index contributed by atoms with van der Waals surface area (Å²) in [5.41, 5.74) is 0. The zero-order valence-electron chi connectivity index (χ0n) is 9.71. The monoisotopic (exact) mass is 235 g/mol. The first-order valence-electron chi connectivity index (χ1n) is 5.86. The molecule has 0 saturated carbocycles. The first-order chi connectivity index (χ1) is 8.29. The maximum absolute atomic E-state index is 11.6. The number of benzene rings is 1. The highest BCUT2D eigenvalue weighted by atomic mass is 16.5. The number of aliphatic hydroxyl groups is 1. The Labute approximate surface area is 101 Å². The Morgan fingerprint density at radius 2 is 2.06 bits per heavy atom. The Morgan fingerprint density at radius 3 is 2.71 bits per heavy atom. The van der Waals surface area contributed by atoms with Crippen LogP contribution in [0.3, 0.4) is 0 Å². The molecule has 0 atom stereocenters. The average molecular weight is 235 g/mol. The standard InChI is InChI=1S/C13H17NO3/c15-10-11-8-14(9-11)13(16)6-7-17-12-4-2-1-3-5-12/h1-5,11,15H,6-10H2. The van der Waals surface area contributed by atoms with E-state index >= 15 is 0 Å². The van der Waals surface area contributed by atoms with E-state index in [1.165, 1.54) is 0 Å². The minimum absolute atomic E-state index is 0.102. The van der Waals surface area contributed by atoms with Gasteiger partial charge in [-0.2, -0.15) is 0 Å². The summed E-state index contributed by atoms with van der Waals surface area (Å²) in [5.74, 6) is 1.16. The van der Waals surface area contributed by atoms with Gasteiger partial charge in [-0.25, -0.2) is 0 Å². The molecular formula is C13H17NO3. The van der Waals surface area contributed by atoms with Crippen LogP contribution in [0.15, 0.2) is 30.3 Å². The fraction of sp³-hybridized carbons (Fsp3) is 0.462. The molecule has 1 aromatic rings. The second-order valence-electron chi connectivity index (χ2n) is 4.26. The van der Waals surface area contributed by atoms with E-state index in [2.05, 4.69) is 0 Å². The van der Waals surface area contributed by atoms with Gasteiger partial charge in [0.15, 0.2) is 0 Å². The number of carbonyl (C=O) groups excluding carboxylic acids is 1. The number of amides is 1. The third-order valence-corrected chi connectivity index (χ3v) is 2.90. The lowest BCUT2D eigenvalue weighted by atomic mass is 10.0. The number of hydrogen-bond donors (Lipinski definition) is 1. The van der Waals surface area contributed by atoms with Crippen LogP contribution < -0.4 is 4.74 Å². The molecule has 1 aliphatic heterocycles. The molecule has 17 heavy (non-hydrogen) atoms. The SMILES string of the molecule is O=C(CCOc1ccccc1)N1CC(CO)C1. The van der Waals surface area contributed by atoms with Gasteiger partial charge in [-0.15, -0.1) is 0 Å². The third-order valence-electron chi connectivity index (χ3n) is 2.90. The smallest absolute Gasteiger partial charge is 0.226 e. The van der Waals surface area contributed by atoms with Gasteiger partial charge >= 0.3 is 0 Å². The number of para-hydroxylation sites is 1. The maximum Gasteiger partial charge on any atom is 0.226 e. The van der Waals surface area contributed by atoms with Gasteiger partial charge in [-0.3, -0.25) is 4.79 Å². The van der Waals surface area contributed by atoms with Crippen LogP contribution in [0.4, 0.5) is 0 Å². The van der Waals surface area contributed by atoms with E-state index in [0.29, 0.717) is 26.1 Å². The Kier molecular flexibility index (Phi) is 3.98. The fourth-order valence-corrected chi connectivity index (χ4v) is 1.82. The molecule has 1 saturated heterocycles. The van der Waals surface area contributed by atoms with Crippen molar-refractivity contribution in [3.63, 3.8) is 0 Å². The van der Waals surface area contributed by atoms with Crippen molar-refractivity contribution in [3.8, 4) is 5.75 Å². The second-order valence-corrected chi connectivity index (χ2v) is 4.26. The van der Waals surface area contributed by atoms with Gasteiger partial charge in [0.2, 0.25) is 5.91 Å². The summed E-state index contributed by atoms with van der Waals surface area (Å²) in [6.07, 6.45) is 0.396. The van der Waals surface area contributed by atoms with Crippen molar-refractivity contribution >= 4 is 5.91 Å². The number of hydrogen-bond acceptors (Lipinski definition) is 3. The summed E-state index contributed by atoms with van der Waals surface area (Å²) < 4.78 is 5.45. The molecule has 0 bridgehead atoms. The topological polar surface area (TPSA) is 49.8 Å². The summed E-state index contributed by atoms with van der Waals surface area (Å²) in [6, 6.07) is 9.47. The molecule has 0 unspecified atom stereocenters. The van der Waals surface area contributed by atoms with Gasteiger partial charge in [0.1, 0.15) is 5.75 Å². The summed E-state index contributed by atoms with van der Waals surface area (Å²) in [7, 11) is 0. The van der Waals surface area contributed by atoms with Crippen molar-refractivity contribution in [1.82, 2.24) is 4.90 Å². The Bertz CT molecular complexity index is 360. The van der Waals surface area contributed by atoms with Crippen molar-refractivity contribution in [2.45, 2.75) is 6.42 Å². The number of nitrogens with zero attached hydrogens (tertiary/aromatic N) is 1. The van der Waals surface area contributed by atoms with Crippen LogP contribution in [0.1, 0.15) is 6.42 Å². The van der Waals surface area contributed by atoms with Crippen molar-refractivity contribution in [2.24, 2.45) is 5.92 Å². The van der Waals surface area contributed by atoms with Crippen LogP contribution in [0.2, 0.25) is 0 Å². The largest absolute Gasteiger partial charge is 0.493 e. The van der Waals surface area contributed by atoms with Crippen LogP contribution in [0, 0.1) is 5.92 Å². The third kappa shape index (κ3) is 3.20. The molecule has 0 radical (unpaired) electrons. The molecular weight excluding hydrogens is 218 g/mol. The molecule has 92 valence electrons. The molecule has 0 aromatic heterocycles. The quantitative estimate of drug-likeness (QED) is 0.825. The van der Waals surface area contributed by atoms with Gasteiger partial charge in [0.25, 0.3) is 0 Å². The lowest BCUT2D eigenvalue weighted by Crippen LogP contribution is -2.51. The first kappa shape index (κ1) is 11.9. The lowest BCUT2D eigenvalue weighted by Gasteiger charge is -2.38. The second kappa shape index (κ2) is 5.68. The van der Waals surface area contributed by atoms with E-state index in [4.69, 9.17) is 9.84 Å². The van der Waals surface area contributed by atoms with Crippen molar-refractivity contribution in [2.75, 3.05) is 26.3 Å². The van der Waals surface area contributed by atoms with E-state index in [9.17, 15) is 4.79 Å². The number of ether oxygens (including phenoxy) is 1. The van der Waals surface area contributed by atoms with Crippen LogP contribution in [-0.4, -0.2) is 42.2 Å². The van der Waals surface area contributed by atoms with Crippen LogP contribution in [0.5, 0.6) is 5.75 Å². The summed E-state index contributed by atoms with van der Waals surface area (Å²) in [6.45, 7) is 1.94. The van der Waals surface area contributed by atoms with Crippen molar-refractivity contribution < 1.29 is 14.6 Å². The zero-order chi connectivity index (χ0) is 12.1. The zero-order valence-corrected chi connectivity index (χ0v) is 9.71. The molecule has 1 N–H and O–H groups in total. The molecule has 2 rings (SSSR count). The molecule has 1 amide bonds. The van der Waals surface area contributed by atoms with E-state index < -0.39 is 0 Å². The number of likely N-dealkylation sites (tertiary alicyclic amines) is 1. The molecule has 1 aliphatic rings. The number of aliphatic hydroxyl groups excluding tert-OH is 1. The molecule has 1 heterocycles. The molecule has 1 aromatic carbocycles. The van der Waals surface area contributed by atoms with Crippen LogP contribution in [-0.2, 0) is 4.79 Å². The Balaban J connectivity index is 1.64. The van der Waals surface area contributed by atoms with Crippen molar-refractivity contribution in [3.05, 3.63) is 30.3 Å². The minimum atomic E-state index is 0.102. The van der Waals surface area contributed by atoms with Crippen molar-refractivity contribution in [1.29, 1.82) is 0 Å². The molecule has 0 spiro atoms. The molecule has 4 heteroatoms. The van der Waals surface area contributed by atoms with Gasteiger partial charge in [-0.05, 0) is 12.1 Å². The molecule has 0 aliphatic carbocycles. The van der Waals surface area contributed by atoms with Gasteiger partial charge in [-0.1, -0.05) is 18.2 Å². The normalized spacial score (nSPS) is 15.5. The van der Waals surface area contributed by atoms with E-state index in [1.54, 1.807) is 4.90 Å². The summed E-state index contributed by atoms with van der Waals surface area (Å²) in [4.78, 5) is 13.4. The summed E-state index contributed by atoms with van der Waals surface area (Å²) in [5, 5.41) is 8.85. The van der Waals surface area contributed by atoms with Gasteiger partial charge < -0.3 is 14.7 Å². The number of rotatable bonds is 5. The average Bonchev–Trinajstić information content (AvgIpc) is 2.29. The van der Waals surface area contributed by atoms with Gasteiger partial charge in [0.05, 0.1) is 13.0 Å². The predicted molar refractivity (Wildman–Crippen MR) is 63.7 cm³/mol. The fourth-order valence-electron chi connectivity index (χ4n) is 1.82. The highest BCUT2D eigenvalue weighted by molar-refractivity contribution is 5.77. The van der Waals surface area contributed by atoms with Gasteiger partial charge in [0, 0.05) is 25.6 Å². The lowest BCUT2D eigenvalue weighted by molar-refractivity contribution is -0.138. The van der Waals surface area contributed by atoms with Crippen LogP contribution >= 0.6 is 0 Å². The molecule has 1 fully saturated rings. The first-order valence-corrected chi connectivity index (χ1v) is 5.86. The molecule has 4 nitrogen and oxygen atoms in total. The van der Waals surface area contributed by atoms with Crippen LogP contribution in [0.25, 0.3) is 0 Å². The highest BCUT2D eigenvalue weighted by Gasteiger charge is 2.29. The van der Waals surface area contributed by atoms with E-state index in [0.717, 1.165) is 5.75 Å². The Morgan fingerprint density at radius 1 is 1.35 bits per heavy atom. The Hall–Kier alpha value is -1.55.